The standard InChI is InChI=1S/C30H31NO4/c1-17-11-24(33)15-27(21(17)5)31(28-16-25(34)12-18(2)22(28)6)26-9-7-8-10-29(26)35-30-19(3)13-23(32)14-20(30)4/h7-16,32-34H,1-6H3. The summed E-state index contributed by atoms with van der Waals surface area (Å²) in [5.74, 6) is 1.78. The fourth-order valence-electron chi connectivity index (χ4n) is 4.42. The molecule has 0 atom stereocenters. The fourth-order valence-corrected chi connectivity index (χ4v) is 4.42. The van der Waals surface area contributed by atoms with Crippen LogP contribution in [0.5, 0.6) is 28.7 Å². The second-order valence-corrected chi connectivity index (χ2v) is 9.13. The molecule has 0 unspecified atom stereocenters. The van der Waals surface area contributed by atoms with Crippen molar-refractivity contribution in [2.45, 2.75) is 41.5 Å². The van der Waals surface area contributed by atoms with Crippen molar-refractivity contribution >= 4 is 17.1 Å². The van der Waals surface area contributed by atoms with E-state index < -0.39 is 0 Å². The lowest BCUT2D eigenvalue weighted by atomic mass is 10.0. The maximum absolute atomic E-state index is 10.5. The van der Waals surface area contributed by atoms with Crippen molar-refractivity contribution in [2.75, 3.05) is 4.90 Å². The predicted molar refractivity (Wildman–Crippen MR) is 141 cm³/mol. The molecule has 4 rings (SSSR count). The normalized spacial score (nSPS) is 10.9. The van der Waals surface area contributed by atoms with E-state index >= 15 is 0 Å². The number of phenolic OH excluding ortho intramolecular Hbond substituents is 3. The number of benzene rings is 4. The lowest BCUT2D eigenvalue weighted by Gasteiger charge is -2.31. The zero-order chi connectivity index (χ0) is 25.4. The molecule has 5 heteroatoms. The molecule has 5 nitrogen and oxygen atoms in total. The van der Waals surface area contributed by atoms with Crippen molar-refractivity contribution in [3.63, 3.8) is 0 Å². The van der Waals surface area contributed by atoms with Crippen LogP contribution in [0.3, 0.4) is 0 Å². The molecular formula is C30H31NO4. The van der Waals surface area contributed by atoms with Gasteiger partial charge in [-0.3, -0.25) is 0 Å². The van der Waals surface area contributed by atoms with E-state index in [1.54, 1.807) is 36.4 Å². The SMILES string of the molecule is Cc1cc(O)cc(N(c2ccccc2Oc2c(C)cc(O)cc2C)c2cc(O)cc(C)c2C)c1C. The molecule has 0 saturated carbocycles. The molecule has 3 N–H and O–H groups in total. The second kappa shape index (κ2) is 9.26. The lowest BCUT2D eigenvalue weighted by molar-refractivity contribution is 0.459. The Labute approximate surface area is 206 Å². The van der Waals surface area contributed by atoms with Gasteiger partial charge in [0.05, 0.1) is 17.1 Å². The highest BCUT2D eigenvalue weighted by molar-refractivity contribution is 5.85. The van der Waals surface area contributed by atoms with E-state index in [1.807, 2.05) is 70.7 Å². The molecule has 0 radical (unpaired) electrons. The zero-order valence-electron chi connectivity index (χ0n) is 21.0. The molecule has 0 fully saturated rings. The van der Waals surface area contributed by atoms with Crippen LogP contribution >= 0.6 is 0 Å². The van der Waals surface area contributed by atoms with E-state index in [2.05, 4.69) is 0 Å². The summed E-state index contributed by atoms with van der Waals surface area (Å²) in [5, 5.41) is 31.0. The summed E-state index contributed by atoms with van der Waals surface area (Å²) in [4.78, 5) is 2.02. The number of para-hydroxylation sites is 2. The van der Waals surface area contributed by atoms with E-state index in [9.17, 15) is 15.3 Å². The van der Waals surface area contributed by atoms with Crippen LogP contribution in [0.2, 0.25) is 0 Å². The summed E-state index contributed by atoms with van der Waals surface area (Å²) >= 11 is 0. The Hall–Kier alpha value is -4.12. The van der Waals surface area contributed by atoms with Crippen molar-refractivity contribution in [3.8, 4) is 28.7 Å². The number of phenols is 3. The van der Waals surface area contributed by atoms with Crippen LogP contribution in [0.4, 0.5) is 17.1 Å². The molecule has 0 saturated heterocycles. The van der Waals surface area contributed by atoms with Gasteiger partial charge < -0.3 is 25.0 Å². The van der Waals surface area contributed by atoms with Crippen LogP contribution in [0.1, 0.15) is 33.4 Å². The molecule has 0 aliphatic carbocycles. The van der Waals surface area contributed by atoms with Crippen LogP contribution < -0.4 is 9.64 Å². The van der Waals surface area contributed by atoms with Gasteiger partial charge >= 0.3 is 0 Å². The molecular weight excluding hydrogens is 438 g/mol. The minimum Gasteiger partial charge on any atom is -0.508 e. The molecule has 0 amide bonds. The summed E-state index contributed by atoms with van der Waals surface area (Å²) in [6.45, 7) is 11.7. The van der Waals surface area contributed by atoms with Gasteiger partial charge in [0.1, 0.15) is 23.0 Å². The van der Waals surface area contributed by atoms with Gasteiger partial charge in [-0.15, -0.1) is 0 Å². The topological polar surface area (TPSA) is 73.2 Å². The van der Waals surface area contributed by atoms with E-state index in [-0.39, 0.29) is 17.2 Å². The van der Waals surface area contributed by atoms with Crippen LogP contribution in [0.25, 0.3) is 0 Å². The van der Waals surface area contributed by atoms with Crippen molar-refractivity contribution in [2.24, 2.45) is 0 Å². The third kappa shape index (κ3) is 4.62. The molecule has 0 aliphatic rings. The van der Waals surface area contributed by atoms with Gasteiger partial charge in [-0.25, -0.2) is 0 Å². The summed E-state index contributed by atoms with van der Waals surface area (Å²) in [7, 11) is 0. The van der Waals surface area contributed by atoms with Gasteiger partial charge in [-0.1, -0.05) is 12.1 Å². The van der Waals surface area contributed by atoms with E-state index in [1.165, 1.54) is 0 Å². The summed E-state index contributed by atoms with van der Waals surface area (Å²) in [5.41, 5.74) is 7.84. The first-order valence-corrected chi connectivity index (χ1v) is 11.5. The third-order valence-corrected chi connectivity index (χ3v) is 6.49. The Kier molecular flexibility index (Phi) is 6.35. The minimum absolute atomic E-state index is 0.159. The second-order valence-electron chi connectivity index (χ2n) is 9.13. The largest absolute Gasteiger partial charge is 0.508 e. The number of rotatable bonds is 5. The maximum atomic E-state index is 10.5. The molecule has 0 heterocycles. The molecule has 0 spiro atoms. The molecule has 0 bridgehead atoms. The quantitative estimate of drug-likeness (QED) is 0.277. The van der Waals surface area contributed by atoms with E-state index in [0.717, 1.165) is 50.4 Å². The molecule has 35 heavy (non-hydrogen) atoms. The number of ether oxygens (including phenoxy) is 1. The minimum atomic E-state index is 0.159. The van der Waals surface area contributed by atoms with Gasteiger partial charge in [0.25, 0.3) is 0 Å². The number of hydrogen-bond donors (Lipinski definition) is 3. The maximum Gasteiger partial charge on any atom is 0.151 e. The Morgan fingerprint density at radius 2 is 0.971 bits per heavy atom. The van der Waals surface area contributed by atoms with Crippen molar-refractivity contribution in [1.82, 2.24) is 0 Å². The number of aryl methyl sites for hydroxylation is 4. The Morgan fingerprint density at radius 1 is 0.543 bits per heavy atom. The zero-order valence-corrected chi connectivity index (χ0v) is 21.0. The van der Waals surface area contributed by atoms with Crippen molar-refractivity contribution < 1.29 is 20.1 Å². The predicted octanol–water partition coefficient (Wildman–Crippen LogP) is 7.92. The Bertz CT molecular complexity index is 1340. The van der Waals surface area contributed by atoms with Crippen LogP contribution in [-0.2, 0) is 0 Å². The van der Waals surface area contributed by atoms with Crippen molar-refractivity contribution in [3.05, 3.63) is 94.0 Å². The molecule has 0 aromatic heterocycles. The summed E-state index contributed by atoms with van der Waals surface area (Å²) in [6.07, 6.45) is 0. The number of aromatic hydroxyl groups is 3. The Morgan fingerprint density at radius 3 is 1.49 bits per heavy atom. The molecule has 0 aliphatic heterocycles. The van der Waals surface area contributed by atoms with Gasteiger partial charge in [-0.2, -0.15) is 0 Å². The molecule has 4 aromatic carbocycles. The van der Waals surface area contributed by atoms with Gasteiger partial charge in [0.2, 0.25) is 0 Å². The van der Waals surface area contributed by atoms with E-state index in [0.29, 0.717) is 11.5 Å². The number of hydrogen-bond acceptors (Lipinski definition) is 5. The van der Waals surface area contributed by atoms with Gasteiger partial charge in [-0.05, 0) is 111 Å². The third-order valence-electron chi connectivity index (χ3n) is 6.49. The van der Waals surface area contributed by atoms with E-state index in [4.69, 9.17) is 4.74 Å². The number of nitrogens with zero attached hydrogens (tertiary/aromatic N) is 1. The average molecular weight is 470 g/mol. The monoisotopic (exact) mass is 469 g/mol. The number of anilines is 3. The smallest absolute Gasteiger partial charge is 0.151 e. The van der Waals surface area contributed by atoms with Crippen LogP contribution in [-0.4, -0.2) is 15.3 Å². The summed E-state index contributed by atoms with van der Waals surface area (Å²) < 4.78 is 6.47. The fraction of sp³-hybridized carbons (Fsp3) is 0.200. The summed E-state index contributed by atoms with van der Waals surface area (Å²) in [6, 6.07) is 18.0. The highest BCUT2D eigenvalue weighted by Gasteiger charge is 2.23. The highest BCUT2D eigenvalue weighted by Crippen LogP contribution is 2.47. The lowest BCUT2D eigenvalue weighted by Crippen LogP contribution is -2.14. The first-order chi connectivity index (χ1) is 16.6. The Balaban J connectivity index is 2.00. The first-order valence-electron chi connectivity index (χ1n) is 11.5. The molecule has 4 aromatic rings. The molecule has 180 valence electrons. The highest BCUT2D eigenvalue weighted by atomic mass is 16.5. The average Bonchev–Trinajstić information content (AvgIpc) is 2.78. The van der Waals surface area contributed by atoms with Crippen molar-refractivity contribution in [1.29, 1.82) is 0 Å². The van der Waals surface area contributed by atoms with Crippen LogP contribution in [0, 0.1) is 41.5 Å². The first kappa shape index (κ1) is 24.0. The van der Waals surface area contributed by atoms with Gasteiger partial charge in [0, 0.05) is 12.1 Å². The van der Waals surface area contributed by atoms with Crippen LogP contribution in [0.15, 0.2) is 60.7 Å². The van der Waals surface area contributed by atoms with Gasteiger partial charge in [0.15, 0.2) is 5.75 Å².